The van der Waals surface area contributed by atoms with Gasteiger partial charge >= 0.3 is 11.8 Å². The van der Waals surface area contributed by atoms with Gasteiger partial charge in [-0.25, -0.2) is 4.79 Å². The molecule has 0 aliphatic carbocycles. The van der Waals surface area contributed by atoms with Crippen molar-refractivity contribution in [1.82, 2.24) is 4.98 Å². The second kappa shape index (κ2) is 6.53. The number of nitrogens with zero attached hydrogens (tertiary/aromatic N) is 2. The van der Waals surface area contributed by atoms with Crippen LogP contribution in [0.5, 0.6) is 5.75 Å². The fraction of sp³-hybridized carbons (Fsp3) is 0.455. The molecule has 0 radical (unpaired) electrons. The van der Waals surface area contributed by atoms with Gasteiger partial charge in [0.05, 0.1) is 6.10 Å². The van der Waals surface area contributed by atoms with E-state index in [-0.39, 0.29) is 18.5 Å². The normalized spacial score (nSPS) is 11.7. The van der Waals surface area contributed by atoms with Crippen LogP contribution in [-0.4, -0.2) is 28.6 Å². The maximum Gasteiger partial charge on any atom is 0.406 e. The van der Waals surface area contributed by atoms with Gasteiger partial charge in [-0.1, -0.05) is 6.92 Å². The van der Waals surface area contributed by atoms with Crippen LogP contribution in [0.2, 0.25) is 0 Å². The molecule has 7 nitrogen and oxygen atoms in total. The molecular weight excluding hydrogens is 240 g/mol. The quantitative estimate of drug-likeness (QED) is 0.436. The predicted molar refractivity (Wildman–Crippen MR) is 62.2 cm³/mol. The highest BCUT2D eigenvalue weighted by atomic mass is 16.6. The molecule has 1 aromatic heterocycles. The number of pyridine rings is 1. The number of hydrogen-bond acceptors (Lipinski definition) is 6. The predicted octanol–water partition coefficient (Wildman–Crippen LogP) is 1.71. The maximum absolute atomic E-state index is 11.3. The summed E-state index contributed by atoms with van der Waals surface area (Å²) in [6.45, 7) is 3.26. The molecule has 1 atom stereocenters. The van der Waals surface area contributed by atoms with E-state index in [0.717, 1.165) is 0 Å². The summed E-state index contributed by atoms with van der Waals surface area (Å²) in [5.41, 5.74) is 0. The van der Waals surface area contributed by atoms with Gasteiger partial charge in [-0.3, -0.25) is 0 Å². The van der Waals surface area contributed by atoms with Gasteiger partial charge in [0.15, 0.2) is 6.61 Å². The minimum absolute atomic E-state index is 0.0522. The van der Waals surface area contributed by atoms with Gasteiger partial charge in [-0.05, 0) is 35.4 Å². The number of carbonyl (C=O) groups excluding carboxylic acids is 1. The van der Waals surface area contributed by atoms with Crippen molar-refractivity contribution in [2.24, 2.45) is 0 Å². The first-order chi connectivity index (χ1) is 8.54. The van der Waals surface area contributed by atoms with Crippen molar-refractivity contribution in [3.8, 4) is 5.75 Å². The van der Waals surface area contributed by atoms with E-state index < -0.39 is 16.7 Å². The molecule has 0 fully saturated rings. The summed E-state index contributed by atoms with van der Waals surface area (Å²) in [7, 11) is 0. The van der Waals surface area contributed by atoms with Crippen LogP contribution in [0.15, 0.2) is 18.3 Å². The number of rotatable bonds is 6. The Hall–Kier alpha value is -2.18. The number of carbonyl (C=O) groups is 1. The highest BCUT2D eigenvalue weighted by Gasteiger charge is 2.17. The molecule has 0 aromatic carbocycles. The van der Waals surface area contributed by atoms with Crippen LogP contribution in [0.1, 0.15) is 20.3 Å². The lowest BCUT2D eigenvalue weighted by Crippen LogP contribution is -2.20. The number of nitro groups is 1. The van der Waals surface area contributed by atoms with Crippen LogP contribution >= 0.6 is 0 Å². The third-order valence-electron chi connectivity index (χ3n) is 2.18. The van der Waals surface area contributed by atoms with Crippen molar-refractivity contribution >= 4 is 11.8 Å². The zero-order valence-corrected chi connectivity index (χ0v) is 10.2. The first kappa shape index (κ1) is 13.9. The van der Waals surface area contributed by atoms with Crippen LogP contribution in [0.3, 0.4) is 0 Å². The Morgan fingerprint density at radius 2 is 2.33 bits per heavy atom. The van der Waals surface area contributed by atoms with E-state index in [4.69, 9.17) is 9.47 Å². The third-order valence-corrected chi connectivity index (χ3v) is 2.18. The fourth-order valence-corrected chi connectivity index (χ4v) is 1.11. The number of ether oxygens (including phenoxy) is 2. The lowest BCUT2D eigenvalue weighted by atomic mass is 10.3. The molecule has 98 valence electrons. The zero-order chi connectivity index (χ0) is 13.5. The monoisotopic (exact) mass is 254 g/mol. The van der Waals surface area contributed by atoms with Gasteiger partial charge < -0.3 is 19.6 Å². The van der Waals surface area contributed by atoms with Crippen LogP contribution in [0, 0.1) is 10.1 Å². The molecule has 1 rings (SSSR count). The van der Waals surface area contributed by atoms with Gasteiger partial charge in [-0.15, -0.1) is 0 Å². The van der Waals surface area contributed by atoms with E-state index >= 15 is 0 Å². The Morgan fingerprint density at radius 3 is 2.94 bits per heavy atom. The van der Waals surface area contributed by atoms with Gasteiger partial charge in [0.25, 0.3) is 0 Å². The molecular formula is C11H14N2O5. The number of esters is 1. The second-order valence-corrected chi connectivity index (χ2v) is 3.58. The molecule has 7 heteroatoms. The van der Waals surface area contributed by atoms with E-state index in [2.05, 4.69) is 4.98 Å². The smallest absolute Gasteiger partial charge is 0.406 e. The SMILES string of the molecule is CCC(C)OC(=O)COc1cccnc1[N+](=O)[O-]. The molecule has 1 aromatic rings. The first-order valence-corrected chi connectivity index (χ1v) is 5.46. The summed E-state index contributed by atoms with van der Waals surface area (Å²) >= 11 is 0. The lowest BCUT2D eigenvalue weighted by Gasteiger charge is -2.11. The van der Waals surface area contributed by atoms with Gasteiger partial charge in [0, 0.05) is 0 Å². The van der Waals surface area contributed by atoms with Crippen molar-refractivity contribution in [2.45, 2.75) is 26.4 Å². The molecule has 0 N–H and O–H groups in total. The van der Waals surface area contributed by atoms with Crippen molar-refractivity contribution in [3.63, 3.8) is 0 Å². The average molecular weight is 254 g/mol. The maximum atomic E-state index is 11.3. The summed E-state index contributed by atoms with van der Waals surface area (Å²) in [5.74, 6) is -1.04. The van der Waals surface area contributed by atoms with Gasteiger partial charge in [-0.2, -0.15) is 0 Å². The molecule has 1 unspecified atom stereocenters. The van der Waals surface area contributed by atoms with Crippen LogP contribution in [0.25, 0.3) is 0 Å². The summed E-state index contributed by atoms with van der Waals surface area (Å²) in [6.07, 6.45) is 1.77. The van der Waals surface area contributed by atoms with Crippen molar-refractivity contribution < 1.29 is 19.2 Å². The van der Waals surface area contributed by atoms with E-state index in [9.17, 15) is 14.9 Å². The Morgan fingerprint density at radius 1 is 1.61 bits per heavy atom. The molecule has 0 amide bonds. The summed E-state index contributed by atoms with van der Waals surface area (Å²) < 4.78 is 9.99. The molecule has 18 heavy (non-hydrogen) atoms. The largest absolute Gasteiger partial charge is 0.474 e. The average Bonchev–Trinajstić information content (AvgIpc) is 2.36. The summed E-state index contributed by atoms with van der Waals surface area (Å²) in [6, 6.07) is 2.87. The van der Waals surface area contributed by atoms with E-state index in [1.54, 1.807) is 6.92 Å². The van der Waals surface area contributed by atoms with Crippen LogP contribution in [-0.2, 0) is 9.53 Å². The molecule has 0 saturated heterocycles. The highest BCUT2D eigenvalue weighted by Crippen LogP contribution is 2.22. The molecule has 0 bridgehead atoms. The molecule has 0 saturated carbocycles. The van der Waals surface area contributed by atoms with Crippen molar-refractivity contribution in [3.05, 3.63) is 28.4 Å². The van der Waals surface area contributed by atoms with Crippen molar-refractivity contribution in [2.75, 3.05) is 6.61 Å². The second-order valence-electron chi connectivity index (χ2n) is 3.58. The Balaban J connectivity index is 2.58. The lowest BCUT2D eigenvalue weighted by molar-refractivity contribution is -0.390. The Labute approximate surface area is 104 Å². The molecule has 1 heterocycles. The van der Waals surface area contributed by atoms with Gasteiger partial charge in [0.2, 0.25) is 5.75 Å². The number of aromatic nitrogens is 1. The first-order valence-electron chi connectivity index (χ1n) is 5.46. The summed E-state index contributed by atoms with van der Waals surface area (Å²) in [4.78, 5) is 24.9. The van der Waals surface area contributed by atoms with E-state index in [1.807, 2.05) is 6.92 Å². The van der Waals surface area contributed by atoms with E-state index in [1.165, 1.54) is 18.3 Å². The standard InChI is InChI=1S/C11H14N2O5/c1-3-8(2)18-10(14)7-17-9-5-4-6-12-11(9)13(15)16/h4-6,8H,3,7H2,1-2H3. The zero-order valence-electron chi connectivity index (χ0n) is 10.2. The van der Waals surface area contributed by atoms with Crippen molar-refractivity contribution in [1.29, 1.82) is 0 Å². The molecule has 0 aliphatic rings. The summed E-state index contributed by atoms with van der Waals surface area (Å²) in [5, 5.41) is 10.6. The van der Waals surface area contributed by atoms with Gasteiger partial charge in [0.1, 0.15) is 6.20 Å². The minimum atomic E-state index is -0.671. The topological polar surface area (TPSA) is 91.6 Å². The Bertz CT molecular complexity index is 435. The minimum Gasteiger partial charge on any atom is -0.474 e. The molecule has 0 spiro atoms. The molecule has 0 aliphatic heterocycles. The Kier molecular flexibility index (Phi) is 5.04. The highest BCUT2D eigenvalue weighted by molar-refractivity contribution is 5.71. The van der Waals surface area contributed by atoms with E-state index in [0.29, 0.717) is 6.42 Å². The number of hydrogen-bond donors (Lipinski definition) is 0. The van der Waals surface area contributed by atoms with Crippen LogP contribution < -0.4 is 4.74 Å². The third kappa shape index (κ3) is 4.00. The fourth-order valence-electron chi connectivity index (χ4n) is 1.11. The van der Waals surface area contributed by atoms with Crippen LogP contribution in [0.4, 0.5) is 5.82 Å².